The first kappa shape index (κ1) is 17.5. The molecule has 0 radical (unpaired) electrons. The van der Waals surface area contributed by atoms with Crippen LogP contribution >= 0.6 is 0 Å². The van der Waals surface area contributed by atoms with Crippen molar-refractivity contribution >= 4 is 17.5 Å². The Morgan fingerprint density at radius 2 is 1.88 bits per heavy atom. The van der Waals surface area contributed by atoms with Gasteiger partial charge in [-0.2, -0.15) is 0 Å². The summed E-state index contributed by atoms with van der Waals surface area (Å²) in [6.45, 7) is 5.10. The van der Waals surface area contributed by atoms with Crippen molar-refractivity contribution in [2.45, 2.75) is 38.4 Å². The monoisotopic (exact) mass is 358 g/mol. The Morgan fingerprint density at radius 1 is 1.19 bits per heavy atom. The van der Waals surface area contributed by atoms with Gasteiger partial charge >= 0.3 is 0 Å². The van der Waals surface area contributed by atoms with Gasteiger partial charge in [-0.3, -0.25) is 9.59 Å². The van der Waals surface area contributed by atoms with Crippen LogP contribution in [0.4, 0.5) is 5.69 Å². The highest BCUT2D eigenvalue weighted by molar-refractivity contribution is 6.00. The second-order valence-electron chi connectivity index (χ2n) is 7.32. The van der Waals surface area contributed by atoms with Crippen molar-refractivity contribution < 1.29 is 19.1 Å². The molecule has 0 saturated carbocycles. The third kappa shape index (κ3) is 3.12. The number of ether oxygens (including phenoxy) is 2. The number of benzene rings is 1. The van der Waals surface area contributed by atoms with E-state index in [0.717, 1.165) is 17.7 Å². The van der Waals surface area contributed by atoms with Crippen LogP contribution in [0.2, 0.25) is 0 Å². The van der Waals surface area contributed by atoms with Crippen LogP contribution in [-0.4, -0.2) is 55.3 Å². The molecule has 6 heteroatoms. The third-order valence-electron chi connectivity index (χ3n) is 5.79. The molecule has 0 aliphatic carbocycles. The molecule has 1 unspecified atom stereocenters. The second-order valence-corrected chi connectivity index (χ2v) is 7.32. The lowest BCUT2D eigenvalue weighted by atomic mass is 10.0. The maximum Gasteiger partial charge on any atom is 0.228 e. The van der Waals surface area contributed by atoms with Gasteiger partial charge in [0.05, 0.1) is 19.1 Å². The van der Waals surface area contributed by atoms with Gasteiger partial charge in [0, 0.05) is 44.6 Å². The summed E-state index contributed by atoms with van der Waals surface area (Å²) in [5.41, 5.74) is 2.09. The summed E-state index contributed by atoms with van der Waals surface area (Å²) >= 11 is 0. The average molecular weight is 358 g/mol. The van der Waals surface area contributed by atoms with Crippen molar-refractivity contribution in [2.24, 2.45) is 5.92 Å². The molecule has 26 heavy (non-hydrogen) atoms. The highest BCUT2D eigenvalue weighted by Crippen LogP contribution is 2.34. The van der Waals surface area contributed by atoms with Gasteiger partial charge in [0.1, 0.15) is 0 Å². The summed E-state index contributed by atoms with van der Waals surface area (Å²) in [6.07, 6.45) is 2.59. The highest BCUT2D eigenvalue weighted by atomic mass is 16.7. The van der Waals surface area contributed by atoms with E-state index >= 15 is 0 Å². The number of hydrogen-bond donors (Lipinski definition) is 0. The molecule has 0 aromatic heterocycles. The smallest absolute Gasteiger partial charge is 0.228 e. The number of likely N-dealkylation sites (tertiary alicyclic amines) is 1. The van der Waals surface area contributed by atoms with Crippen molar-refractivity contribution in [3.63, 3.8) is 0 Å². The van der Waals surface area contributed by atoms with Crippen molar-refractivity contribution in [3.05, 3.63) is 29.8 Å². The van der Waals surface area contributed by atoms with Crippen LogP contribution in [0.1, 0.15) is 31.7 Å². The number of aryl methyl sites for hydroxylation is 1. The fraction of sp³-hybridized carbons (Fsp3) is 0.600. The van der Waals surface area contributed by atoms with Crippen LogP contribution in [-0.2, 0) is 25.5 Å². The maximum absolute atomic E-state index is 12.9. The number of carbonyl (C=O) groups excluding carboxylic acids is 2. The Balaban J connectivity index is 1.41. The molecule has 1 aromatic carbocycles. The van der Waals surface area contributed by atoms with E-state index in [1.165, 1.54) is 0 Å². The maximum atomic E-state index is 12.9. The second kappa shape index (κ2) is 7.00. The fourth-order valence-electron chi connectivity index (χ4n) is 4.29. The zero-order chi connectivity index (χ0) is 18.1. The predicted molar refractivity (Wildman–Crippen MR) is 96.7 cm³/mol. The number of hydrogen-bond acceptors (Lipinski definition) is 4. The van der Waals surface area contributed by atoms with Gasteiger partial charge in [-0.05, 0) is 18.1 Å². The van der Waals surface area contributed by atoms with Gasteiger partial charge in [0.25, 0.3) is 0 Å². The Hall–Kier alpha value is -1.92. The van der Waals surface area contributed by atoms with E-state index in [9.17, 15) is 9.59 Å². The first-order valence-electron chi connectivity index (χ1n) is 9.57. The van der Waals surface area contributed by atoms with Crippen molar-refractivity contribution in [1.82, 2.24) is 4.90 Å². The Bertz CT molecular complexity index is 689. The molecular formula is C20H26N2O4. The van der Waals surface area contributed by atoms with Gasteiger partial charge in [0.15, 0.2) is 5.79 Å². The van der Waals surface area contributed by atoms with E-state index in [-0.39, 0.29) is 17.7 Å². The summed E-state index contributed by atoms with van der Waals surface area (Å²) in [5, 5.41) is 0. The number of para-hydroxylation sites is 1. The number of anilines is 1. The normalized spacial score (nSPS) is 25.3. The van der Waals surface area contributed by atoms with Crippen LogP contribution in [0.15, 0.2) is 24.3 Å². The van der Waals surface area contributed by atoms with Crippen LogP contribution in [0, 0.1) is 5.92 Å². The van der Waals surface area contributed by atoms with E-state index < -0.39 is 5.79 Å². The van der Waals surface area contributed by atoms with Crippen molar-refractivity contribution in [3.8, 4) is 0 Å². The lowest BCUT2D eigenvalue weighted by Gasteiger charge is -2.38. The van der Waals surface area contributed by atoms with Crippen LogP contribution in [0.25, 0.3) is 0 Å². The molecule has 1 aromatic rings. The summed E-state index contributed by atoms with van der Waals surface area (Å²) in [6, 6.07) is 7.96. The summed E-state index contributed by atoms with van der Waals surface area (Å²) in [5.74, 6) is -0.608. The lowest BCUT2D eigenvalue weighted by molar-refractivity contribution is -0.188. The zero-order valence-electron chi connectivity index (χ0n) is 15.3. The standard InChI is InChI=1S/C20H26N2O4/c1-2-15-5-3-4-6-17(15)22-14-16(13-18(22)23)19(24)21-9-7-20(8-10-21)25-11-12-26-20/h3-6,16H,2,7-14H2,1H3. The van der Waals surface area contributed by atoms with E-state index in [1.807, 2.05) is 29.2 Å². The Labute approximate surface area is 154 Å². The van der Waals surface area contributed by atoms with Crippen molar-refractivity contribution in [2.75, 3.05) is 37.7 Å². The van der Waals surface area contributed by atoms with Crippen molar-refractivity contribution in [1.29, 1.82) is 0 Å². The Kier molecular flexibility index (Phi) is 4.71. The molecule has 2 amide bonds. The summed E-state index contributed by atoms with van der Waals surface area (Å²) < 4.78 is 11.5. The number of amides is 2. The molecule has 0 bridgehead atoms. The van der Waals surface area contributed by atoms with Gasteiger partial charge in [-0.15, -0.1) is 0 Å². The molecule has 140 valence electrons. The van der Waals surface area contributed by atoms with E-state index in [2.05, 4.69) is 6.92 Å². The first-order chi connectivity index (χ1) is 12.6. The van der Waals surface area contributed by atoms with Crippen LogP contribution in [0.3, 0.4) is 0 Å². The minimum absolute atomic E-state index is 0.0418. The number of piperidine rings is 1. The zero-order valence-corrected chi connectivity index (χ0v) is 15.3. The average Bonchev–Trinajstić information content (AvgIpc) is 3.28. The van der Waals surface area contributed by atoms with Gasteiger partial charge in [-0.1, -0.05) is 25.1 Å². The summed E-state index contributed by atoms with van der Waals surface area (Å²) in [4.78, 5) is 29.2. The first-order valence-corrected chi connectivity index (χ1v) is 9.57. The van der Waals surface area contributed by atoms with E-state index in [0.29, 0.717) is 52.1 Å². The molecule has 3 saturated heterocycles. The minimum atomic E-state index is -0.478. The molecule has 0 N–H and O–H groups in total. The molecule has 3 aliphatic rings. The molecular weight excluding hydrogens is 332 g/mol. The van der Waals surface area contributed by atoms with Gasteiger partial charge in [0.2, 0.25) is 11.8 Å². The van der Waals surface area contributed by atoms with Crippen LogP contribution in [0.5, 0.6) is 0 Å². The molecule has 6 nitrogen and oxygen atoms in total. The molecule has 1 atom stereocenters. The minimum Gasteiger partial charge on any atom is -0.347 e. The largest absolute Gasteiger partial charge is 0.347 e. The van der Waals surface area contributed by atoms with Gasteiger partial charge < -0.3 is 19.3 Å². The molecule has 3 fully saturated rings. The number of nitrogens with zero attached hydrogens (tertiary/aromatic N) is 2. The van der Waals surface area contributed by atoms with E-state index in [4.69, 9.17) is 9.47 Å². The molecule has 3 aliphatic heterocycles. The highest BCUT2D eigenvalue weighted by Gasteiger charge is 2.43. The SMILES string of the molecule is CCc1ccccc1N1CC(C(=O)N2CCC3(CC2)OCCO3)CC1=O. The topological polar surface area (TPSA) is 59.1 Å². The lowest BCUT2D eigenvalue weighted by Crippen LogP contribution is -2.49. The quantitative estimate of drug-likeness (QED) is 0.829. The number of carbonyl (C=O) groups is 2. The van der Waals surface area contributed by atoms with Crippen LogP contribution < -0.4 is 4.90 Å². The van der Waals surface area contributed by atoms with Gasteiger partial charge in [-0.25, -0.2) is 0 Å². The summed E-state index contributed by atoms with van der Waals surface area (Å²) in [7, 11) is 0. The molecule has 3 heterocycles. The molecule has 1 spiro atoms. The van der Waals surface area contributed by atoms with E-state index in [1.54, 1.807) is 4.90 Å². The Morgan fingerprint density at radius 3 is 2.58 bits per heavy atom. The molecule has 4 rings (SSSR count). The predicted octanol–water partition coefficient (Wildman–Crippen LogP) is 1.97. The third-order valence-corrected chi connectivity index (χ3v) is 5.79. The number of rotatable bonds is 3. The fourth-order valence-corrected chi connectivity index (χ4v) is 4.29.